The number of benzene rings is 2. The first-order valence-corrected chi connectivity index (χ1v) is 11.1. The van der Waals surface area contributed by atoms with Crippen molar-refractivity contribution in [3.8, 4) is 0 Å². The minimum Gasteiger partial charge on any atom is -0.321 e. The number of thiophene rings is 1. The van der Waals surface area contributed by atoms with Crippen LogP contribution in [-0.2, 0) is 6.18 Å². The molecule has 5 nitrogen and oxygen atoms in total. The number of carbonyl (C=O) groups excluding carboxylic acids is 3. The molecule has 2 amide bonds. The van der Waals surface area contributed by atoms with E-state index in [-0.39, 0.29) is 28.0 Å². The molecule has 0 aliphatic carbocycles. The Hall–Kier alpha value is -3.17. The van der Waals surface area contributed by atoms with Crippen LogP contribution in [-0.4, -0.2) is 24.1 Å². The number of amides is 2. The average Bonchev–Trinajstić information content (AvgIpc) is 3.21. The van der Waals surface area contributed by atoms with E-state index in [9.17, 15) is 27.6 Å². The lowest BCUT2D eigenvalue weighted by molar-refractivity contribution is -0.137. The quantitative estimate of drug-likeness (QED) is 0.467. The fraction of sp³-hybridized carbons (Fsp3) is 0.174. The van der Waals surface area contributed by atoms with Crippen LogP contribution in [0.4, 0.5) is 24.5 Å². The van der Waals surface area contributed by atoms with Gasteiger partial charge in [-0.3, -0.25) is 14.4 Å². The van der Waals surface area contributed by atoms with Crippen LogP contribution in [0.2, 0.25) is 5.02 Å². The third-order valence-corrected chi connectivity index (χ3v) is 6.42. The van der Waals surface area contributed by atoms with Crippen molar-refractivity contribution in [2.75, 3.05) is 16.8 Å². The van der Waals surface area contributed by atoms with E-state index in [0.717, 1.165) is 12.1 Å². The van der Waals surface area contributed by atoms with Crippen LogP contribution in [0.25, 0.3) is 0 Å². The Morgan fingerprint density at radius 3 is 2.58 bits per heavy atom. The molecule has 0 saturated carbocycles. The van der Waals surface area contributed by atoms with Crippen LogP contribution >= 0.6 is 22.9 Å². The molecule has 0 bridgehead atoms. The smallest absolute Gasteiger partial charge is 0.321 e. The van der Waals surface area contributed by atoms with Gasteiger partial charge in [0.15, 0.2) is 5.78 Å². The van der Waals surface area contributed by atoms with E-state index in [1.54, 1.807) is 11.4 Å². The van der Waals surface area contributed by atoms with Gasteiger partial charge in [-0.1, -0.05) is 23.7 Å². The predicted octanol–water partition coefficient (Wildman–Crippen LogP) is 6.30. The van der Waals surface area contributed by atoms with Crippen LogP contribution in [0.3, 0.4) is 0 Å². The number of nitrogens with one attached hydrogen (secondary N) is 1. The van der Waals surface area contributed by atoms with Crippen molar-refractivity contribution in [3.63, 3.8) is 0 Å². The summed E-state index contributed by atoms with van der Waals surface area (Å²) in [5.41, 5.74) is -0.768. The van der Waals surface area contributed by atoms with Crippen LogP contribution in [0, 0.1) is 0 Å². The lowest BCUT2D eigenvalue weighted by atomic mass is 10.1. The average molecular weight is 493 g/mol. The maximum atomic E-state index is 13.2. The molecule has 0 saturated heterocycles. The second kappa shape index (κ2) is 8.99. The van der Waals surface area contributed by atoms with E-state index in [1.807, 2.05) is 0 Å². The largest absolute Gasteiger partial charge is 0.417 e. The van der Waals surface area contributed by atoms with Crippen molar-refractivity contribution >= 4 is 51.9 Å². The van der Waals surface area contributed by atoms with E-state index in [4.69, 9.17) is 11.6 Å². The highest BCUT2D eigenvalue weighted by Gasteiger charge is 2.35. The maximum Gasteiger partial charge on any atom is 0.417 e. The summed E-state index contributed by atoms with van der Waals surface area (Å²) in [4.78, 5) is 39.9. The summed E-state index contributed by atoms with van der Waals surface area (Å²) in [6, 6.07) is 10.3. The molecule has 1 N–H and O–H groups in total. The van der Waals surface area contributed by atoms with E-state index < -0.39 is 23.2 Å². The predicted molar refractivity (Wildman–Crippen MR) is 120 cm³/mol. The molecule has 0 fully saturated rings. The number of ketones is 1. The van der Waals surface area contributed by atoms with Gasteiger partial charge >= 0.3 is 6.18 Å². The number of fused-ring (bicyclic) bond motifs is 1. The molecule has 3 aromatic rings. The second-order valence-electron chi connectivity index (χ2n) is 7.31. The molecule has 0 radical (unpaired) electrons. The highest BCUT2D eigenvalue weighted by molar-refractivity contribution is 7.12. The molecule has 170 valence electrons. The van der Waals surface area contributed by atoms with Gasteiger partial charge in [0.1, 0.15) is 0 Å². The topological polar surface area (TPSA) is 66.5 Å². The summed E-state index contributed by atoms with van der Waals surface area (Å²) in [6.07, 6.45) is -3.82. The third kappa shape index (κ3) is 4.65. The Kier molecular flexibility index (Phi) is 6.27. The summed E-state index contributed by atoms with van der Waals surface area (Å²) in [5.74, 6) is -1.35. The normalized spacial score (nSPS) is 13.9. The number of rotatable bonds is 3. The number of anilines is 2. The second-order valence-corrected chi connectivity index (χ2v) is 8.63. The van der Waals surface area contributed by atoms with Crippen molar-refractivity contribution in [1.82, 2.24) is 0 Å². The standard InChI is InChI=1S/C23H16ClF3N2O3S/c24-16-12-13(22(32)29-10-3-6-19(30)20-18(29)9-11-33-20)7-8-17(16)28-21(31)14-4-1-2-5-15(14)23(25,26)27/h1-2,4-5,7-9,11-12H,3,6,10H2,(H,28,31). The number of carbonyl (C=O) groups is 3. The first-order valence-electron chi connectivity index (χ1n) is 9.86. The lowest BCUT2D eigenvalue weighted by Crippen LogP contribution is -2.31. The minimum absolute atomic E-state index is 0.00451. The molecule has 33 heavy (non-hydrogen) atoms. The summed E-state index contributed by atoms with van der Waals surface area (Å²) < 4.78 is 39.6. The number of hydrogen-bond acceptors (Lipinski definition) is 4. The zero-order valence-corrected chi connectivity index (χ0v) is 18.5. The maximum absolute atomic E-state index is 13.2. The summed E-state index contributed by atoms with van der Waals surface area (Å²) in [5, 5.41) is 4.12. The van der Waals surface area contributed by atoms with Crippen LogP contribution in [0.5, 0.6) is 0 Å². The number of Topliss-reactive ketones (excluding diaryl/α,β-unsaturated/α-hetero) is 1. The molecule has 0 spiro atoms. The van der Waals surface area contributed by atoms with Gasteiger partial charge < -0.3 is 10.2 Å². The summed E-state index contributed by atoms with van der Waals surface area (Å²) in [6.45, 7) is 0.360. The van der Waals surface area contributed by atoms with Crippen molar-refractivity contribution in [2.24, 2.45) is 0 Å². The van der Waals surface area contributed by atoms with Crippen molar-refractivity contribution in [2.45, 2.75) is 19.0 Å². The lowest BCUT2D eigenvalue weighted by Gasteiger charge is -2.21. The first-order chi connectivity index (χ1) is 15.7. The number of hydrogen-bond donors (Lipinski definition) is 1. The van der Waals surface area contributed by atoms with E-state index in [0.29, 0.717) is 30.0 Å². The fourth-order valence-corrected chi connectivity index (χ4v) is 4.68. The Labute approximate surface area is 195 Å². The summed E-state index contributed by atoms with van der Waals surface area (Å²) in [7, 11) is 0. The first kappa shape index (κ1) is 23.0. The van der Waals surface area contributed by atoms with Gasteiger partial charge in [0.05, 0.1) is 32.4 Å². The van der Waals surface area contributed by atoms with E-state index in [2.05, 4.69) is 5.32 Å². The minimum atomic E-state index is -4.69. The van der Waals surface area contributed by atoms with Gasteiger partial charge in [-0.05, 0) is 48.2 Å². The molecular weight excluding hydrogens is 477 g/mol. The molecule has 2 heterocycles. The van der Waals surface area contributed by atoms with E-state index in [1.165, 1.54) is 46.6 Å². The van der Waals surface area contributed by atoms with Crippen molar-refractivity contribution in [1.29, 1.82) is 0 Å². The molecule has 10 heteroatoms. The zero-order valence-electron chi connectivity index (χ0n) is 16.9. The molecule has 1 aliphatic rings. The Morgan fingerprint density at radius 2 is 1.85 bits per heavy atom. The Bertz CT molecular complexity index is 1260. The molecule has 2 aromatic carbocycles. The summed E-state index contributed by atoms with van der Waals surface area (Å²) >= 11 is 7.53. The highest BCUT2D eigenvalue weighted by Crippen LogP contribution is 2.34. The number of halogens is 4. The SMILES string of the molecule is O=C(Nc1ccc(C(=O)N2CCCC(=O)c3sccc32)cc1Cl)c1ccccc1C(F)(F)F. The molecule has 0 atom stereocenters. The van der Waals surface area contributed by atoms with Gasteiger partial charge in [0, 0.05) is 18.5 Å². The molecular formula is C23H16ClF3N2O3S. The molecule has 0 unspecified atom stereocenters. The van der Waals surface area contributed by atoms with Gasteiger partial charge in [0.2, 0.25) is 0 Å². The van der Waals surface area contributed by atoms with Gasteiger partial charge in [0.25, 0.3) is 11.8 Å². The van der Waals surface area contributed by atoms with Crippen LogP contribution in [0.15, 0.2) is 53.9 Å². The zero-order chi connectivity index (χ0) is 23.8. The van der Waals surface area contributed by atoms with Crippen LogP contribution < -0.4 is 10.2 Å². The Balaban J connectivity index is 1.57. The van der Waals surface area contributed by atoms with Crippen molar-refractivity contribution in [3.05, 3.63) is 80.5 Å². The molecule has 1 aromatic heterocycles. The monoisotopic (exact) mass is 492 g/mol. The Morgan fingerprint density at radius 1 is 1.09 bits per heavy atom. The number of nitrogens with zero attached hydrogens (tertiary/aromatic N) is 1. The molecule has 4 rings (SSSR count). The number of alkyl halides is 3. The van der Waals surface area contributed by atoms with Crippen molar-refractivity contribution < 1.29 is 27.6 Å². The highest BCUT2D eigenvalue weighted by atomic mass is 35.5. The van der Waals surface area contributed by atoms with Gasteiger partial charge in [-0.15, -0.1) is 11.3 Å². The van der Waals surface area contributed by atoms with Crippen LogP contribution in [0.1, 0.15) is 48.8 Å². The van der Waals surface area contributed by atoms with Gasteiger partial charge in [-0.2, -0.15) is 13.2 Å². The van der Waals surface area contributed by atoms with Gasteiger partial charge in [-0.25, -0.2) is 0 Å². The third-order valence-electron chi connectivity index (χ3n) is 5.16. The molecule has 1 aliphatic heterocycles. The van der Waals surface area contributed by atoms with E-state index >= 15 is 0 Å². The fourth-order valence-electron chi connectivity index (χ4n) is 3.59.